The van der Waals surface area contributed by atoms with Crippen LogP contribution in [0.1, 0.15) is 20.3 Å². The van der Waals surface area contributed by atoms with Crippen molar-refractivity contribution < 1.29 is 14.0 Å². The van der Waals surface area contributed by atoms with Gasteiger partial charge in [0.1, 0.15) is 0 Å². The lowest BCUT2D eigenvalue weighted by Crippen LogP contribution is -2.40. The standard InChI is InChI=1S/C10H22O3Si/c1-7-10(2,9(11)12-3)8-14(5,6)13-4/h7-8H2,1-6H3. The van der Waals surface area contributed by atoms with Crippen molar-refractivity contribution in [2.75, 3.05) is 14.2 Å². The SMILES string of the molecule is CCC(C)(C[Si](C)(C)OC)C(=O)OC. The molecule has 0 saturated carbocycles. The molecule has 0 amide bonds. The molecule has 1 unspecified atom stereocenters. The van der Waals surface area contributed by atoms with Gasteiger partial charge in [-0.25, -0.2) is 0 Å². The molecule has 84 valence electrons. The molecule has 0 saturated heterocycles. The molecule has 0 spiro atoms. The summed E-state index contributed by atoms with van der Waals surface area (Å²) in [4.78, 5) is 11.6. The van der Waals surface area contributed by atoms with Crippen molar-refractivity contribution in [3.8, 4) is 0 Å². The first-order valence-electron chi connectivity index (χ1n) is 4.95. The van der Waals surface area contributed by atoms with Gasteiger partial charge in [0, 0.05) is 7.11 Å². The number of hydrogen-bond donors (Lipinski definition) is 0. The summed E-state index contributed by atoms with van der Waals surface area (Å²) in [5.41, 5.74) is -0.388. The van der Waals surface area contributed by atoms with E-state index in [1.54, 1.807) is 7.11 Å². The highest BCUT2D eigenvalue weighted by atomic mass is 28.4. The van der Waals surface area contributed by atoms with Crippen LogP contribution in [0.2, 0.25) is 19.1 Å². The molecule has 0 N–H and O–H groups in total. The Labute approximate surface area is 87.9 Å². The topological polar surface area (TPSA) is 35.5 Å². The van der Waals surface area contributed by atoms with Gasteiger partial charge in [-0.2, -0.15) is 0 Å². The van der Waals surface area contributed by atoms with Crippen molar-refractivity contribution >= 4 is 14.3 Å². The molecule has 14 heavy (non-hydrogen) atoms. The maximum atomic E-state index is 11.6. The van der Waals surface area contributed by atoms with Crippen LogP contribution in [0.25, 0.3) is 0 Å². The maximum absolute atomic E-state index is 11.6. The second kappa shape index (κ2) is 4.93. The van der Waals surface area contributed by atoms with Gasteiger partial charge in [-0.05, 0) is 32.5 Å². The molecule has 4 heteroatoms. The third kappa shape index (κ3) is 3.42. The molecular formula is C10H22O3Si. The molecule has 0 radical (unpaired) electrons. The van der Waals surface area contributed by atoms with E-state index in [0.717, 1.165) is 12.5 Å². The van der Waals surface area contributed by atoms with Gasteiger partial charge in [-0.3, -0.25) is 4.79 Å². The van der Waals surface area contributed by atoms with Crippen molar-refractivity contribution in [1.29, 1.82) is 0 Å². The van der Waals surface area contributed by atoms with E-state index in [1.807, 2.05) is 13.8 Å². The number of carbonyl (C=O) groups is 1. The van der Waals surface area contributed by atoms with E-state index in [4.69, 9.17) is 9.16 Å². The van der Waals surface area contributed by atoms with E-state index in [-0.39, 0.29) is 11.4 Å². The summed E-state index contributed by atoms with van der Waals surface area (Å²) in [6.07, 6.45) is 0.791. The smallest absolute Gasteiger partial charge is 0.311 e. The Morgan fingerprint density at radius 2 is 1.86 bits per heavy atom. The summed E-state index contributed by atoms with van der Waals surface area (Å²) >= 11 is 0. The molecule has 0 aromatic heterocycles. The van der Waals surface area contributed by atoms with Gasteiger partial charge < -0.3 is 9.16 Å². The number of rotatable bonds is 5. The predicted molar refractivity (Wildman–Crippen MR) is 59.7 cm³/mol. The van der Waals surface area contributed by atoms with Crippen molar-refractivity contribution in [2.24, 2.45) is 5.41 Å². The van der Waals surface area contributed by atoms with Crippen molar-refractivity contribution in [1.82, 2.24) is 0 Å². The number of ether oxygens (including phenoxy) is 1. The van der Waals surface area contributed by atoms with E-state index < -0.39 is 8.32 Å². The summed E-state index contributed by atoms with van der Waals surface area (Å²) in [5.74, 6) is -0.127. The van der Waals surface area contributed by atoms with Gasteiger partial charge >= 0.3 is 5.97 Å². The average Bonchev–Trinajstić information content (AvgIpc) is 2.15. The maximum Gasteiger partial charge on any atom is 0.311 e. The largest absolute Gasteiger partial charge is 0.469 e. The van der Waals surface area contributed by atoms with Gasteiger partial charge in [0.05, 0.1) is 12.5 Å². The van der Waals surface area contributed by atoms with Gasteiger partial charge in [0.25, 0.3) is 0 Å². The first kappa shape index (κ1) is 13.6. The molecule has 0 aromatic rings. The third-order valence-electron chi connectivity index (χ3n) is 2.83. The lowest BCUT2D eigenvalue weighted by Gasteiger charge is -2.32. The Morgan fingerprint density at radius 1 is 1.36 bits per heavy atom. The normalized spacial score (nSPS) is 16.1. The Hall–Kier alpha value is -0.353. The molecule has 0 heterocycles. The van der Waals surface area contributed by atoms with E-state index >= 15 is 0 Å². The Bertz CT molecular complexity index is 204. The Morgan fingerprint density at radius 3 is 2.14 bits per heavy atom. The molecule has 0 fully saturated rings. The lowest BCUT2D eigenvalue weighted by molar-refractivity contribution is -0.151. The molecule has 0 rings (SSSR count). The molecule has 3 nitrogen and oxygen atoms in total. The van der Waals surface area contributed by atoms with Crippen LogP contribution in [-0.4, -0.2) is 28.5 Å². The van der Waals surface area contributed by atoms with E-state index in [1.165, 1.54) is 7.11 Å². The summed E-state index contributed by atoms with van der Waals surface area (Å²) < 4.78 is 10.3. The zero-order valence-corrected chi connectivity index (χ0v) is 11.1. The summed E-state index contributed by atoms with van der Waals surface area (Å²) in [6.45, 7) is 8.19. The molecule has 0 bridgehead atoms. The van der Waals surface area contributed by atoms with E-state index in [9.17, 15) is 4.79 Å². The third-order valence-corrected chi connectivity index (χ3v) is 5.56. The minimum absolute atomic E-state index is 0.127. The Kier molecular flexibility index (Phi) is 4.81. The minimum Gasteiger partial charge on any atom is -0.469 e. The fourth-order valence-corrected chi connectivity index (χ4v) is 4.02. The van der Waals surface area contributed by atoms with Crippen molar-refractivity contribution in [2.45, 2.75) is 39.4 Å². The fraction of sp³-hybridized carbons (Fsp3) is 0.900. The molecule has 0 aromatic carbocycles. The van der Waals surface area contributed by atoms with Gasteiger partial charge in [-0.15, -0.1) is 0 Å². The van der Waals surface area contributed by atoms with Crippen LogP contribution in [0, 0.1) is 5.41 Å². The van der Waals surface area contributed by atoms with E-state index in [2.05, 4.69) is 13.1 Å². The summed E-state index contributed by atoms with van der Waals surface area (Å²) in [7, 11) is 1.45. The van der Waals surface area contributed by atoms with Crippen LogP contribution in [0.5, 0.6) is 0 Å². The second-order valence-electron chi connectivity index (χ2n) is 4.55. The quantitative estimate of drug-likeness (QED) is 0.525. The minimum atomic E-state index is -1.71. The molecule has 1 atom stereocenters. The predicted octanol–water partition coefficient (Wildman–Crippen LogP) is 2.43. The second-order valence-corrected chi connectivity index (χ2v) is 8.83. The van der Waals surface area contributed by atoms with Crippen molar-refractivity contribution in [3.63, 3.8) is 0 Å². The van der Waals surface area contributed by atoms with Crippen LogP contribution >= 0.6 is 0 Å². The van der Waals surface area contributed by atoms with Gasteiger partial charge in [0.15, 0.2) is 8.32 Å². The summed E-state index contributed by atoms with van der Waals surface area (Å²) in [6, 6.07) is 0.805. The fourth-order valence-electron chi connectivity index (χ4n) is 1.60. The van der Waals surface area contributed by atoms with E-state index in [0.29, 0.717) is 0 Å². The number of esters is 1. The molecule has 0 aliphatic rings. The zero-order valence-electron chi connectivity index (χ0n) is 10.1. The highest BCUT2D eigenvalue weighted by Crippen LogP contribution is 2.33. The number of methoxy groups -OCH3 is 1. The van der Waals surface area contributed by atoms with Crippen LogP contribution < -0.4 is 0 Å². The Balaban J connectivity index is 4.63. The van der Waals surface area contributed by atoms with Crippen LogP contribution in [-0.2, 0) is 14.0 Å². The van der Waals surface area contributed by atoms with Crippen LogP contribution in [0.4, 0.5) is 0 Å². The highest BCUT2D eigenvalue weighted by molar-refractivity contribution is 6.71. The number of carbonyl (C=O) groups excluding carboxylic acids is 1. The molecular weight excluding hydrogens is 196 g/mol. The lowest BCUT2D eigenvalue weighted by atomic mass is 9.90. The monoisotopic (exact) mass is 218 g/mol. The first-order valence-corrected chi connectivity index (χ1v) is 8.06. The molecule has 0 aliphatic carbocycles. The highest BCUT2D eigenvalue weighted by Gasteiger charge is 2.39. The zero-order chi connectivity index (χ0) is 11.4. The average molecular weight is 218 g/mol. The van der Waals surface area contributed by atoms with Crippen LogP contribution in [0.3, 0.4) is 0 Å². The first-order chi connectivity index (χ1) is 6.31. The summed E-state index contributed by atoms with van der Waals surface area (Å²) in [5, 5.41) is 0. The van der Waals surface area contributed by atoms with Crippen molar-refractivity contribution in [3.05, 3.63) is 0 Å². The van der Waals surface area contributed by atoms with Gasteiger partial charge in [0.2, 0.25) is 0 Å². The number of hydrogen-bond acceptors (Lipinski definition) is 3. The van der Waals surface area contributed by atoms with Gasteiger partial charge in [-0.1, -0.05) is 6.92 Å². The molecule has 0 aliphatic heterocycles. The van der Waals surface area contributed by atoms with Crippen LogP contribution in [0.15, 0.2) is 0 Å².